The Morgan fingerprint density at radius 3 is 2.65 bits per heavy atom. The first-order chi connectivity index (χ1) is 9.75. The van der Waals surface area contributed by atoms with Crippen molar-refractivity contribution in [2.24, 2.45) is 0 Å². The van der Waals surface area contributed by atoms with Gasteiger partial charge in [-0.1, -0.05) is 36.4 Å². The van der Waals surface area contributed by atoms with E-state index < -0.39 is 0 Å². The third kappa shape index (κ3) is 2.35. The Balaban J connectivity index is 1.90. The molecule has 0 saturated heterocycles. The summed E-state index contributed by atoms with van der Waals surface area (Å²) in [5.74, 6) is -0.229. The van der Waals surface area contributed by atoms with E-state index in [1.165, 1.54) is 22.2 Å². The van der Waals surface area contributed by atoms with Gasteiger partial charge >= 0.3 is 0 Å². The monoisotopic (exact) mass is 284 g/mol. The number of aromatic nitrogens is 2. The van der Waals surface area contributed by atoms with Gasteiger partial charge < -0.3 is 5.10 Å². The van der Waals surface area contributed by atoms with Gasteiger partial charge in [0.25, 0.3) is 5.56 Å². The molecule has 100 valence electrons. The minimum Gasteiger partial charge on any atom is -0.302 e. The molecule has 0 bridgehead atoms. The number of nitrogens with one attached hydrogen (secondary N) is 1. The SMILES string of the molecule is O=C(c1cccs1)c1c[nH]n(Cc2ccccc2)c1=O. The maximum Gasteiger partial charge on any atom is 0.278 e. The fourth-order valence-electron chi connectivity index (χ4n) is 1.99. The molecule has 2 aromatic heterocycles. The second-order valence-electron chi connectivity index (χ2n) is 4.37. The number of rotatable bonds is 4. The highest BCUT2D eigenvalue weighted by Crippen LogP contribution is 2.12. The lowest BCUT2D eigenvalue weighted by Gasteiger charge is -2.00. The second kappa shape index (κ2) is 5.30. The number of ketones is 1. The van der Waals surface area contributed by atoms with Crippen molar-refractivity contribution >= 4 is 17.1 Å². The molecule has 0 aliphatic rings. The lowest BCUT2D eigenvalue weighted by Crippen LogP contribution is -2.22. The van der Waals surface area contributed by atoms with Crippen molar-refractivity contribution < 1.29 is 4.79 Å². The average molecular weight is 284 g/mol. The van der Waals surface area contributed by atoms with Crippen LogP contribution in [0.1, 0.15) is 20.8 Å². The quantitative estimate of drug-likeness (QED) is 0.748. The molecule has 0 spiro atoms. The lowest BCUT2D eigenvalue weighted by atomic mass is 10.2. The van der Waals surface area contributed by atoms with Gasteiger partial charge in [0.15, 0.2) is 0 Å². The van der Waals surface area contributed by atoms with Gasteiger partial charge in [-0.25, -0.2) is 4.68 Å². The van der Waals surface area contributed by atoms with Crippen molar-refractivity contribution in [2.75, 3.05) is 0 Å². The number of benzene rings is 1. The van der Waals surface area contributed by atoms with Gasteiger partial charge in [0.2, 0.25) is 5.78 Å². The van der Waals surface area contributed by atoms with E-state index in [1.54, 1.807) is 12.1 Å². The minimum atomic E-state index is -0.285. The van der Waals surface area contributed by atoms with E-state index in [1.807, 2.05) is 35.7 Å². The highest BCUT2D eigenvalue weighted by molar-refractivity contribution is 7.12. The zero-order valence-electron chi connectivity index (χ0n) is 10.6. The van der Waals surface area contributed by atoms with Crippen LogP contribution in [0.3, 0.4) is 0 Å². The van der Waals surface area contributed by atoms with Crippen molar-refractivity contribution in [3.8, 4) is 0 Å². The van der Waals surface area contributed by atoms with Crippen LogP contribution in [-0.2, 0) is 6.54 Å². The summed E-state index contributed by atoms with van der Waals surface area (Å²) in [6, 6.07) is 13.2. The van der Waals surface area contributed by atoms with Gasteiger partial charge in [0.1, 0.15) is 5.56 Å². The van der Waals surface area contributed by atoms with Crippen LogP contribution in [0.2, 0.25) is 0 Å². The van der Waals surface area contributed by atoms with Gasteiger partial charge in [0, 0.05) is 6.20 Å². The fourth-order valence-corrected chi connectivity index (χ4v) is 2.67. The first-order valence-corrected chi connectivity index (χ1v) is 7.04. The average Bonchev–Trinajstić information content (AvgIpc) is 3.11. The Hall–Kier alpha value is -2.40. The number of hydrogen-bond acceptors (Lipinski definition) is 3. The summed E-state index contributed by atoms with van der Waals surface area (Å²) in [4.78, 5) is 25.0. The molecule has 3 aromatic rings. The highest BCUT2D eigenvalue weighted by atomic mass is 32.1. The molecule has 0 aliphatic heterocycles. The Labute approximate surface area is 119 Å². The fraction of sp³-hybridized carbons (Fsp3) is 0.0667. The highest BCUT2D eigenvalue weighted by Gasteiger charge is 2.17. The number of nitrogens with zero attached hydrogens (tertiary/aromatic N) is 1. The Kier molecular flexibility index (Phi) is 3.35. The van der Waals surface area contributed by atoms with Crippen LogP contribution < -0.4 is 5.56 Å². The predicted octanol–water partition coefficient (Wildman–Crippen LogP) is 2.52. The van der Waals surface area contributed by atoms with Crippen LogP contribution in [0.25, 0.3) is 0 Å². The summed E-state index contributed by atoms with van der Waals surface area (Å²) >= 11 is 1.34. The molecule has 3 rings (SSSR count). The minimum absolute atomic E-state index is 0.184. The van der Waals surface area contributed by atoms with E-state index >= 15 is 0 Å². The molecule has 1 aromatic carbocycles. The molecule has 2 heterocycles. The van der Waals surface area contributed by atoms with E-state index in [0.717, 1.165) is 5.56 Å². The van der Waals surface area contributed by atoms with Crippen LogP contribution in [0, 0.1) is 0 Å². The predicted molar refractivity (Wildman–Crippen MR) is 78.3 cm³/mol. The van der Waals surface area contributed by atoms with Crippen molar-refractivity contribution in [2.45, 2.75) is 6.54 Å². The van der Waals surface area contributed by atoms with Gasteiger partial charge in [-0.05, 0) is 17.0 Å². The van der Waals surface area contributed by atoms with Crippen LogP contribution in [0.4, 0.5) is 0 Å². The number of carbonyl (C=O) groups excluding carboxylic acids is 1. The molecule has 5 heteroatoms. The number of aromatic amines is 1. The van der Waals surface area contributed by atoms with Crippen molar-refractivity contribution in [3.63, 3.8) is 0 Å². The maximum absolute atomic E-state index is 12.2. The molecular formula is C15H12N2O2S. The van der Waals surface area contributed by atoms with Crippen molar-refractivity contribution in [3.05, 3.63) is 80.4 Å². The van der Waals surface area contributed by atoms with E-state index in [9.17, 15) is 9.59 Å². The first-order valence-electron chi connectivity index (χ1n) is 6.16. The van der Waals surface area contributed by atoms with Gasteiger partial charge in [-0.2, -0.15) is 0 Å². The number of H-pyrrole nitrogens is 1. The number of hydrogen-bond donors (Lipinski definition) is 1. The molecule has 1 N–H and O–H groups in total. The largest absolute Gasteiger partial charge is 0.302 e. The van der Waals surface area contributed by atoms with Crippen molar-refractivity contribution in [1.82, 2.24) is 9.78 Å². The summed E-state index contributed by atoms with van der Waals surface area (Å²) in [5.41, 5.74) is 0.905. The zero-order valence-corrected chi connectivity index (χ0v) is 11.4. The molecule has 0 radical (unpaired) electrons. The molecule has 0 atom stereocenters. The van der Waals surface area contributed by atoms with Gasteiger partial charge in [-0.3, -0.25) is 9.59 Å². The third-order valence-electron chi connectivity index (χ3n) is 3.01. The summed E-state index contributed by atoms with van der Waals surface area (Å²) in [5, 5.41) is 4.68. The maximum atomic E-state index is 12.2. The molecule has 0 fully saturated rings. The van der Waals surface area contributed by atoms with Gasteiger partial charge in [-0.15, -0.1) is 11.3 Å². The molecule has 0 amide bonds. The van der Waals surface area contributed by atoms with Gasteiger partial charge in [0.05, 0.1) is 11.4 Å². The van der Waals surface area contributed by atoms with Crippen LogP contribution in [-0.4, -0.2) is 15.6 Å². The van der Waals surface area contributed by atoms with E-state index in [0.29, 0.717) is 11.4 Å². The smallest absolute Gasteiger partial charge is 0.278 e. The second-order valence-corrected chi connectivity index (χ2v) is 5.32. The van der Waals surface area contributed by atoms with Crippen molar-refractivity contribution in [1.29, 1.82) is 0 Å². The zero-order chi connectivity index (χ0) is 13.9. The van der Waals surface area contributed by atoms with Crippen LogP contribution in [0.15, 0.2) is 58.8 Å². The molecule has 0 saturated carbocycles. The molecule has 0 unspecified atom stereocenters. The Bertz CT molecular complexity index is 770. The van der Waals surface area contributed by atoms with E-state index in [-0.39, 0.29) is 16.9 Å². The first kappa shape index (κ1) is 12.6. The number of thiophene rings is 1. The lowest BCUT2D eigenvalue weighted by molar-refractivity contribution is 0.104. The Morgan fingerprint density at radius 1 is 1.15 bits per heavy atom. The summed E-state index contributed by atoms with van der Waals surface area (Å²) < 4.78 is 1.44. The van der Waals surface area contributed by atoms with E-state index in [2.05, 4.69) is 5.10 Å². The standard InChI is InChI=1S/C15H12N2O2S/c18-14(13-7-4-8-20-13)12-9-16-17(15(12)19)10-11-5-2-1-3-6-11/h1-9,16H,10H2. The molecule has 20 heavy (non-hydrogen) atoms. The Morgan fingerprint density at radius 2 is 1.95 bits per heavy atom. The summed E-state index contributed by atoms with van der Waals surface area (Å²) in [7, 11) is 0. The molecular weight excluding hydrogens is 272 g/mol. The summed E-state index contributed by atoms with van der Waals surface area (Å²) in [6.07, 6.45) is 1.48. The molecule has 4 nitrogen and oxygen atoms in total. The van der Waals surface area contributed by atoms with Crippen LogP contribution in [0.5, 0.6) is 0 Å². The van der Waals surface area contributed by atoms with E-state index in [4.69, 9.17) is 0 Å². The molecule has 0 aliphatic carbocycles. The summed E-state index contributed by atoms with van der Waals surface area (Å²) in [6.45, 7) is 0.428. The topological polar surface area (TPSA) is 54.9 Å². The van der Waals surface area contributed by atoms with Crippen LogP contribution >= 0.6 is 11.3 Å². The normalized spacial score (nSPS) is 10.6. The third-order valence-corrected chi connectivity index (χ3v) is 3.88. The number of carbonyl (C=O) groups is 1.